The van der Waals surface area contributed by atoms with Crippen molar-refractivity contribution in [3.8, 4) is 11.3 Å². The Balaban J connectivity index is 1.36. The summed E-state index contributed by atoms with van der Waals surface area (Å²) < 4.78 is 2.27. The first-order chi connectivity index (χ1) is 22.3. The molecule has 0 radical (unpaired) electrons. The quantitative estimate of drug-likeness (QED) is 0.304. The number of aliphatic hydroxyl groups excluding tert-OH is 1. The number of rotatable bonds is 9. The van der Waals surface area contributed by atoms with Gasteiger partial charge in [0.2, 0.25) is 0 Å². The van der Waals surface area contributed by atoms with Crippen LogP contribution >= 0.6 is 0 Å². The highest BCUT2D eigenvalue weighted by Crippen LogP contribution is 2.41. The zero-order valence-electron chi connectivity index (χ0n) is 28.2. The van der Waals surface area contributed by atoms with Crippen LogP contribution < -0.4 is 5.32 Å². The molecule has 4 heterocycles. The third kappa shape index (κ3) is 7.50. The molecule has 3 aromatic rings. The highest BCUT2D eigenvalue weighted by Gasteiger charge is 2.43. The van der Waals surface area contributed by atoms with Crippen LogP contribution in [0.1, 0.15) is 76.7 Å². The Bertz CT molecular complexity index is 1390. The molecule has 3 saturated heterocycles. The summed E-state index contributed by atoms with van der Waals surface area (Å²) in [5.74, 6) is 1.09. The summed E-state index contributed by atoms with van der Waals surface area (Å²) in [5, 5.41) is 13.7. The van der Waals surface area contributed by atoms with Crippen LogP contribution in [-0.2, 0) is 6.54 Å². The van der Waals surface area contributed by atoms with E-state index in [1.807, 2.05) is 12.1 Å². The molecule has 6 rings (SSSR count). The summed E-state index contributed by atoms with van der Waals surface area (Å²) in [6.45, 7) is 12.9. The van der Waals surface area contributed by atoms with E-state index in [0.29, 0.717) is 19.1 Å². The van der Waals surface area contributed by atoms with Crippen molar-refractivity contribution in [2.75, 3.05) is 45.9 Å². The van der Waals surface area contributed by atoms with E-state index in [1.54, 1.807) is 0 Å². The van der Waals surface area contributed by atoms with Crippen LogP contribution in [0.15, 0.2) is 66.9 Å². The van der Waals surface area contributed by atoms with Crippen molar-refractivity contribution >= 4 is 6.03 Å². The number of amides is 2. The van der Waals surface area contributed by atoms with Crippen molar-refractivity contribution in [2.24, 2.45) is 11.3 Å². The zero-order valence-corrected chi connectivity index (χ0v) is 28.2. The lowest BCUT2D eigenvalue weighted by Gasteiger charge is -2.46. The van der Waals surface area contributed by atoms with Gasteiger partial charge in [-0.1, -0.05) is 87.9 Å². The molecule has 1 aromatic heterocycles. The van der Waals surface area contributed by atoms with Crippen LogP contribution in [0.4, 0.5) is 4.79 Å². The second kappa shape index (κ2) is 14.7. The van der Waals surface area contributed by atoms with E-state index < -0.39 is 0 Å². The molecule has 0 aliphatic carbocycles. The van der Waals surface area contributed by atoms with Gasteiger partial charge in [-0.15, -0.1) is 0 Å². The maximum atomic E-state index is 14.9. The molecule has 3 atom stereocenters. The number of carbonyl (C=O) groups excluding carboxylic acids is 1. The third-order valence-electron chi connectivity index (χ3n) is 10.5. The lowest BCUT2D eigenvalue weighted by atomic mass is 9.84. The van der Waals surface area contributed by atoms with Gasteiger partial charge in [-0.2, -0.15) is 0 Å². The molecular formula is C38H54N6O2. The SMILES string of the molecule is CC(C)(C)[C@H](c1nc(-c2ccccc2)cn1Cc1ccccc1)N(C[C@@H]1CCN[C@@H]1CO)C(=O)N1CCC(N2CCCCC2)CC1. The van der Waals surface area contributed by atoms with E-state index >= 15 is 0 Å². The minimum Gasteiger partial charge on any atom is -0.395 e. The number of likely N-dealkylation sites (tertiary alicyclic amines) is 2. The first kappa shape index (κ1) is 32.7. The van der Waals surface area contributed by atoms with Crippen LogP contribution in [0.3, 0.4) is 0 Å². The number of benzene rings is 2. The van der Waals surface area contributed by atoms with E-state index in [4.69, 9.17) is 4.98 Å². The Hall–Kier alpha value is -3.20. The number of imidazole rings is 1. The first-order valence-electron chi connectivity index (χ1n) is 17.6. The number of nitrogens with one attached hydrogen (secondary N) is 1. The molecule has 0 saturated carbocycles. The van der Waals surface area contributed by atoms with Crippen LogP contribution in [0, 0.1) is 11.3 Å². The largest absolute Gasteiger partial charge is 0.395 e. The molecule has 2 aromatic carbocycles. The number of carbonyl (C=O) groups is 1. The summed E-state index contributed by atoms with van der Waals surface area (Å²) in [6, 6.07) is 21.3. The molecular weight excluding hydrogens is 572 g/mol. The summed E-state index contributed by atoms with van der Waals surface area (Å²) in [6.07, 6.45) is 9.10. The van der Waals surface area contributed by atoms with Crippen LogP contribution in [0.5, 0.6) is 0 Å². The number of aliphatic hydroxyl groups is 1. The fourth-order valence-electron chi connectivity index (χ4n) is 7.99. The van der Waals surface area contributed by atoms with Gasteiger partial charge in [0.25, 0.3) is 0 Å². The van der Waals surface area contributed by atoms with Crippen LogP contribution in [0.25, 0.3) is 11.3 Å². The first-order valence-corrected chi connectivity index (χ1v) is 17.6. The maximum Gasteiger partial charge on any atom is 0.320 e. The molecule has 0 bridgehead atoms. The van der Waals surface area contributed by atoms with Crippen molar-refractivity contribution in [2.45, 2.75) is 84.0 Å². The molecule has 2 amide bonds. The van der Waals surface area contributed by atoms with E-state index in [1.165, 1.54) is 37.9 Å². The molecule has 8 heteroatoms. The smallest absolute Gasteiger partial charge is 0.320 e. The zero-order chi connectivity index (χ0) is 32.1. The summed E-state index contributed by atoms with van der Waals surface area (Å²) in [4.78, 5) is 27.2. The lowest BCUT2D eigenvalue weighted by molar-refractivity contribution is 0.0515. The minimum absolute atomic E-state index is 0.00954. The number of nitrogens with zero attached hydrogens (tertiary/aromatic N) is 5. The molecule has 0 spiro atoms. The highest BCUT2D eigenvalue weighted by molar-refractivity contribution is 5.75. The Morgan fingerprint density at radius 1 is 0.957 bits per heavy atom. The maximum absolute atomic E-state index is 14.9. The second-order valence-electron chi connectivity index (χ2n) is 14.8. The van der Waals surface area contributed by atoms with E-state index in [2.05, 4.69) is 100 Å². The normalized spacial score (nSPS) is 22.2. The van der Waals surface area contributed by atoms with Crippen molar-refractivity contribution < 1.29 is 9.90 Å². The number of hydrogen-bond acceptors (Lipinski definition) is 5. The topological polar surface area (TPSA) is 76.9 Å². The average Bonchev–Trinajstić information content (AvgIpc) is 3.71. The van der Waals surface area contributed by atoms with E-state index in [9.17, 15) is 9.90 Å². The number of hydrogen-bond donors (Lipinski definition) is 2. The number of urea groups is 1. The Kier molecular flexibility index (Phi) is 10.5. The van der Waals surface area contributed by atoms with Crippen LogP contribution in [-0.4, -0.2) is 93.3 Å². The minimum atomic E-state index is -0.295. The highest BCUT2D eigenvalue weighted by atomic mass is 16.3. The standard InChI is InChI=1S/C38H54N6O2/c1-38(2,3)35(36-40-33(30-15-9-5-10-16-30)27-43(36)25-29-13-7-4-8-14-29)44(26-31-17-20-39-34(31)28-45)37(46)42-23-18-32(19-24-42)41-21-11-6-12-22-41/h4-5,7-10,13-16,27,31-32,34-35,39,45H,6,11-12,17-26,28H2,1-3H3/t31-,34+,35-/m0/s1. The van der Waals surface area contributed by atoms with Crippen molar-refractivity contribution in [1.29, 1.82) is 0 Å². The molecule has 2 N–H and O–H groups in total. The predicted octanol–water partition coefficient (Wildman–Crippen LogP) is 6.03. The molecule has 8 nitrogen and oxygen atoms in total. The van der Waals surface area contributed by atoms with Crippen molar-refractivity contribution in [3.63, 3.8) is 0 Å². The summed E-state index contributed by atoms with van der Waals surface area (Å²) in [7, 11) is 0. The van der Waals surface area contributed by atoms with E-state index in [-0.39, 0.29) is 36.1 Å². The van der Waals surface area contributed by atoms with Gasteiger partial charge in [0, 0.05) is 50.0 Å². The van der Waals surface area contributed by atoms with Crippen molar-refractivity contribution in [3.05, 3.63) is 78.2 Å². The van der Waals surface area contributed by atoms with Crippen LogP contribution in [0.2, 0.25) is 0 Å². The van der Waals surface area contributed by atoms with Gasteiger partial charge in [-0.05, 0) is 68.6 Å². The molecule has 0 unspecified atom stereocenters. The fourth-order valence-corrected chi connectivity index (χ4v) is 7.99. The molecule has 46 heavy (non-hydrogen) atoms. The van der Waals surface area contributed by atoms with Gasteiger partial charge in [0.1, 0.15) is 5.82 Å². The number of piperidine rings is 2. The molecule has 3 fully saturated rings. The lowest BCUT2D eigenvalue weighted by Crippen LogP contribution is -2.55. The van der Waals surface area contributed by atoms with Gasteiger partial charge in [-0.25, -0.2) is 9.78 Å². The summed E-state index contributed by atoms with van der Waals surface area (Å²) >= 11 is 0. The van der Waals surface area contributed by atoms with Gasteiger partial charge >= 0.3 is 6.03 Å². The molecule has 248 valence electrons. The molecule has 3 aliphatic rings. The fraction of sp³-hybridized carbons (Fsp3) is 0.579. The summed E-state index contributed by atoms with van der Waals surface area (Å²) in [5.41, 5.74) is 2.90. The average molecular weight is 627 g/mol. The molecule has 3 aliphatic heterocycles. The number of aromatic nitrogens is 2. The van der Waals surface area contributed by atoms with Gasteiger partial charge in [-0.3, -0.25) is 0 Å². The Labute approximate surface area is 275 Å². The monoisotopic (exact) mass is 626 g/mol. The van der Waals surface area contributed by atoms with Crippen molar-refractivity contribution in [1.82, 2.24) is 29.6 Å². The van der Waals surface area contributed by atoms with Gasteiger partial charge < -0.3 is 29.7 Å². The predicted molar refractivity (Wildman–Crippen MR) is 185 cm³/mol. The van der Waals surface area contributed by atoms with Gasteiger partial charge in [0.15, 0.2) is 0 Å². The Morgan fingerprint density at radius 3 is 2.28 bits per heavy atom. The third-order valence-corrected chi connectivity index (χ3v) is 10.5. The second-order valence-corrected chi connectivity index (χ2v) is 14.8. The Morgan fingerprint density at radius 2 is 1.63 bits per heavy atom. The van der Waals surface area contributed by atoms with E-state index in [0.717, 1.165) is 56.0 Å². The van der Waals surface area contributed by atoms with Gasteiger partial charge in [0.05, 0.1) is 18.3 Å².